The summed E-state index contributed by atoms with van der Waals surface area (Å²) in [7, 11) is 0. The third kappa shape index (κ3) is 2.81. The van der Waals surface area contributed by atoms with Crippen molar-refractivity contribution in [2.45, 2.75) is 38.9 Å². The monoisotopic (exact) mass is 285 g/mol. The van der Waals surface area contributed by atoms with Crippen molar-refractivity contribution in [1.82, 2.24) is 4.98 Å². The third-order valence-corrected chi connectivity index (χ3v) is 3.78. The van der Waals surface area contributed by atoms with E-state index in [2.05, 4.69) is 49.7 Å². The number of hydrogen-bond acceptors (Lipinski definition) is 4. The molecule has 3 rings (SSSR count). The fourth-order valence-electron chi connectivity index (χ4n) is 3.38. The average molecular weight is 285 g/mol. The predicted molar refractivity (Wildman–Crippen MR) is 87.6 cm³/mol. The summed E-state index contributed by atoms with van der Waals surface area (Å²) in [6.07, 6.45) is 1.85. The fourth-order valence-corrected chi connectivity index (χ4v) is 3.38. The quantitative estimate of drug-likeness (QED) is 0.817. The van der Waals surface area contributed by atoms with E-state index in [-0.39, 0.29) is 11.2 Å². The molecular formula is C17H23N3O. The van der Waals surface area contributed by atoms with E-state index in [1.807, 2.05) is 18.3 Å². The van der Waals surface area contributed by atoms with Crippen LogP contribution in [0.4, 0.5) is 11.4 Å². The Morgan fingerprint density at radius 2 is 1.76 bits per heavy atom. The van der Waals surface area contributed by atoms with E-state index in [1.165, 1.54) is 5.69 Å². The minimum atomic E-state index is -0.175. The van der Waals surface area contributed by atoms with Crippen molar-refractivity contribution in [3.8, 4) is 0 Å². The summed E-state index contributed by atoms with van der Waals surface area (Å²) in [5.74, 6) is 0. The topological polar surface area (TPSA) is 51.4 Å². The van der Waals surface area contributed by atoms with Crippen LogP contribution in [0.2, 0.25) is 0 Å². The lowest BCUT2D eigenvalue weighted by Crippen LogP contribution is -2.57. The van der Waals surface area contributed by atoms with Crippen LogP contribution in [0.15, 0.2) is 30.5 Å². The first kappa shape index (κ1) is 14.1. The first-order valence-corrected chi connectivity index (χ1v) is 7.35. The van der Waals surface area contributed by atoms with E-state index in [0.29, 0.717) is 0 Å². The molecule has 4 nitrogen and oxygen atoms in total. The molecule has 1 aliphatic rings. The molecule has 1 saturated heterocycles. The second kappa shape index (κ2) is 4.60. The number of benzene rings is 1. The highest BCUT2D eigenvalue weighted by Crippen LogP contribution is 2.34. The number of pyridine rings is 1. The molecule has 0 bridgehead atoms. The van der Waals surface area contributed by atoms with Crippen LogP contribution in [-0.4, -0.2) is 29.3 Å². The summed E-state index contributed by atoms with van der Waals surface area (Å²) in [4.78, 5) is 6.82. The number of fused-ring (bicyclic) bond motifs is 1. The molecule has 4 heteroatoms. The molecule has 1 fully saturated rings. The number of morpholine rings is 1. The lowest BCUT2D eigenvalue weighted by Gasteiger charge is -2.48. The third-order valence-electron chi connectivity index (χ3n) is 3.78. The van der Waals surface area contributed by atoms with E-state index in [4.69, 9.17) is 10.5 Å². The van der Waals surface area contributed by atoms with E-state index >= 15 is 0 Å². The van der Waals surface area contributed by atoms with Gasteiger partial charge in [-0.3, -0.25) is 4.98 Å². The number of aromatic nitrogens is 1. The van der Waals surface area contributed by atoms with Crippen LogP contribution in [0.3, 0.4) is 0 Å². The van der Waals surface area contributed by atoms with E-state index in [1.54, 1.807) is 0 Å². The molecule has 1 aromatic heterocycles. The molecule has 2 heterocycles. The van der Waals surface area contributed by atoms with Crippen LogP contribution < -0.4 is 10.6 Å². The maximum atomic E-state index is 6.17. The Kier molecular flexibility index (Phi) is 3.10. The minimum absolute atomic E-state index is 0.175. The maximum absolute atomic E-state index is 6.17. The molecule has 0 atom stereocenters. The Labute approximate surface area is 125 Å². The largest absolute Gasteiger partial charge is 0.399 e. The number of nitrogen functional groups attached to an aromatic ring is 1. The SMILES string of the molecule is CC1(C)CN(c2ccnc3cc(N)ccc23)CC(C)(C)O1. The van der Waals surface area contributed by atoms with Gasteiger partial charge in [0.1, 0.15) is 0 Å². The van der Waals surface area contributed by atoms with Gasteiger partial charge in [0.2, 0.25) is 0 Å². The lowest BCUT2D eigenvalue weighted by molar-refractivity contribution is -0.133. The molecule has 1 aromatic carbocycles. The Morgan fingerprint density at radius 1 is 1.10 bits per heavy atom. The zero-order chi connectivity index (χ0) is 15.3. The Hall–Kier alpha value is -1.81. The van der Waals surface area contributed by atoms with Gasteiger partial charge < -0.3 is 15.4 Å². The molecule has 0 radical (unpaired) electrons. The predicted octanol–water partition coefficient (Wildman–Crippen LogP) is 3.21. The van der Waals surface area contributed by atoms with Gasteiger partial charge >= 0.3 is 0 Å². The zero-order valence-electron chi connectivity index (χ0n) is 13.2. The Bertz CT molecular complexity index is 663. The fraction of sp³-hybridized carbons (Fsp3) is 0.471. The standard InChI is InChI=1S/C17H23N3O/c1-16(2)10-20(11-17(3,4)21-16)15-7-8-19-14-9-12(18)5-6-13(14)15/h5-9H,10-11,18H2,1-4H3. The van der Waals surface area contributed by atoms with E-state index in [9.17, 15) is 0 Å². The van der Waals surface area contributed by atoms with Crippen LogP contribution in [0.5, 0.6) is 0 Å². The molecule has 2 aromatic rings. The highest BCUT2D eigenvalue weighted by molar-refractivity contribution is 5.93. The molecule has 0 spiro atoms. The van der Waals surface area contributed by atoms with Crippen molar-refractivity contribution in [2.75, 3.05) is 23.7 Å². The highest BCUT2D eigenvalue weighted by atomic mass is 16.5. The lowest BCUT2D eigenvalue weighted by atomic mass is 9.97. The van der Waals surface area contributed by atoms with Gasteiger partial charge in [0.05, 0.1) is 16.7 Å². The number of ether oxygens (including phenoxy) is 1. The van der Waals surface area contributed by atoms with Crippen LogP contribution in [0.25, 0.3) is 10.9 Å². The summed E-state index contributed by atoms with van der Waals surface area (Å²) in [6.45, 7) is 10.3. The normalized spacial score (nSPS) is 20.7. The van der Waals surface area contributed by atoms with Crippen molar-refractivity contribution in [3.63, 3.8) is 0 Å². The first-order valence-electron chi connectivity index (χ1n) is 7.35. The molecular weight excluding hydrogens is 262 g/mol. The van der Waals surface area contributed by atoms with Gasteiger partial charge in [-0.2, -0.15) is 0 Å². The number of nitrogens with two attached hydrogens (primary N) is 1. The molecule has 1 aliphatic heterocycles. The van der Waals surface area contributed by atoms with Gasteiger partial charge in [0.15, 0.2) is 0 Å². The van der Waals surface area contributed by atoms with Crippen molar-refractivity contribution >= 4 is 22.3 Å². The summed E-state index contributed by atoms with van der Waals surface area (Å²) in [6, 6.07) is 8.00. The molecule has 112 valence electrons. The van der Waals surface area contributed by atoms with Crippen LogP contribution >= 0.6 is 0 Å². The van der Waals surface area contributed by atoms with Crippen LogP contribution in [0, 0.1) is 0 Å². The number of rotatable bonds is 1. The maximum Gasteiger partial charge on any atom is 0.0808 e. The van der Waals surface area contributed by atoms with Gasteiger partial charge in [-0.05, 0) is 52.0 Å². The van der Waals surface area contributed by atoms with E-state index < -0.39 is 0 Å². The average Bonchev–Trinajstić information content (AvgIpc) is 2.33. The van der Waals surface area contributed by atoms with Gasteiger partial charge in [-0.25, -0.2) is 0 Å². The van der Waals surface area contributed by atoms with Gasteiger partial charge in [0.25, 0.3) is 0 Å². The highest BCUT2D eigenvalue weighted by Gasteiger charge is 2.38. The summed E-state index contributed by atoms with van der Waals surface area (Å²) >= 11 is 0. The second-order valence-electron chi connectivity index (χ2n) is 7.08. The minimum Gasteiger partial charge on any atom is -0.399 e. The van der Waals surface area contributed by atoms with Crippen LogP contribution in [0.1, 0.15) is 27.7 Å². The van der Waals surface area contributed by atoms with Crippen molar-refractivity contribution in [3.05, 3.63) is 30.5 Å². The van der Waals surface area contributed by atoms with Crippen LogP contribution in [-0.2, 0) is 4.74 Å². The number of anilines is 2. The van der Waals surface area contributed by atoms with Crippen molar-refractivity contribution < 1.29 is 4.74 Å². The first-order chi connectivity index (χ1) is 9.76. The number of hydrogen-bond donors (Lipinski definition) is 1. The smallest absolute Gasteiger partial charge is 0.0808 e. The summed E-state index contributed by atoms with van der Waals surface area (Å²) in [5.41, 5.74) is 8.40. The number of nitrogens with zero attached hydrogens (tertiary/aromatic N) is 2. The summed E-state index contributed by atoms with van der Waals surface area (Å²) < 4.78 is 6.17. The molecule has 21 heavy (non-hydrogen) atoms. The Balaban J connectivity index is 2.07. The molecule has 0 saturated carbocycles. The van der Waals surface area contributed by atoms with Gasteiger partial charge in [-0.1, -0.05) is 0 Å². The Morgan fingerprint density at radius 3 is 2.43 bits per heavy atom. The van der Waals surface area contributed by atoms with Gasteiger partial charge in [0, 0.05) is 36.0 Å². The summed E-state index contributed by atoms with van der Waals surface area (Å²) in [5, 5.41) is 1.14. The zero-order valence-corrected chi connectivity index (χ0v) is 13.2. The van der Waals surface area contributed by atoms with E-state index in [0.717, 1.165) is 29.7 Å². The van der Waals surface area contributed by atoms with Crippen molar-refractivity contribution in [2.24, 2.45) is 0 Å². The molecule has 0 aliphatic carbocycles. The molecule has 0 amide bonds. The molecule has 2 N–H and O–H groups in total. The molecule has 0 unspecified atom stereocenters. The van der Waals surface area contributed by atoms with Gasteiger partial charge in [-0.15, -0.1) is 0 Å². The second-order valence-corrected chi connectivity index (χ2v) is 7.08. The van der Waals surface area contributed by atoms with Crippen molar-refractivity contribution in [1.29, 1.82) is 0 Å².